The van der Waals surface area contributed by atoms with Gasteiger partial charge in [-0.25, -0.2) is 4.39 Å². The zero-order valence-corrected chi connectivity index (χ0v) is 12.3. The molecule has 0 unspecified atom stereocenters. The number of alkyl halides is 4. The molecular formula is C15H11BrF4O. The Bertz CT molecular complexity index is 608. The van der Waals surface area contributed by atoms with Crippen molar-refractivity contribution in [1.82, 2.24) is 0 Å². The Balaban J connectivity index is 2.05. The second kappa shape index (κ2) is 6.47. The van der Waals surface area contributed by atoms with E-state index in [2.05, 4.69) is 15.9 Å². The molecule has 0 aliphatic heterocycles. The molecule has 0 radical (unpaired) electrons. The van der Waals surface area contributed by atoms with E-state index in [4.69, 9.17) is 4.74 Å². The number of benzene rings is 2. The fraction of sp³-hybridized carbons (Fsp3) is 0.200. The molecule has 2 rings (SSSR count). The number of hydrogen-bond donors (Lipinski definition) is 0. The van der Waals surface area contributed by atoms with Crippen LogP contribution in [0.1, 0.15) is 16.7 Å². The van der Waals surface area contributed by atoms with Crippen molar-refractivity contribution in [3.8, 4) is 5.75 Å². The molecule has 0 aliphatic rings. The molecule has 2 aromatic carbocycles. The molecule has 0 spiro atoms. The molecule has 0 amide bonds. The standard InChI is InChI=1S/C15H11BrF4O/c16-8-11-5-13(17)7-14(6-11)21-9-10-1-3-12(4-2-10)15(18,19)20/h1-7H,8-9H2. The van der Waals surface area contributed by atoms with E-state index in [1.807, 2.05) is 0 Å². The molecule has 0 saturated heterocycles. The average molecular weight is 363 g/mol. The molecule has 112 valence electrons. The van der Waals surface area contributed by atoms with Gasteiger partial charge in [0, 0.05) is 11.4 Å². The fourth-order valence-corrected chi connectivity index (χ4v) is 2.06. The normalized spacial score (nSPS) is 11.5. The lowest BCUT2D eigenvalue weighted by Crippen LogP contribution is -2.05. The minimum atomic E-state index is -4.35. The van der Waals surface area contributed by atoms with Crippen LogP contribution in [0.25, 0.3) is 0 Å². The van der Waals surface area contributed by atoms with E-state index in [1.54, 1.807) is 6.07 Å². The van der Waals surface area contributed by atoms with Crippen LogP contribution in [0.3, 0.4) is 0 Å². The van der Waals surface area contributed by atoms with Crippen LogP contribution in [0.15, 0.2) is 42.5 Å². The summed E-state index contributed by atoms with van der Waals surface area (Å²) in [5, 5.41) is 0.487. The Morgan fingerprint density at radius 1 is 0.952 bits per heavy atom. The highest BCUT2D eigenvalue weighted by molar-refractivity contribution is 9.08. The van der Waals surface area contributed by atoms with Crippen LogP contribution in [-0.4, -0.2) is 0 Å². The lowest BCUT2D eigenvalue weighted by atomic mass is 10.1. The Hall–Kier alpha value is -1.56. The van der Waals surface area contributed by atoms with Crippen LogP contribution in [0.5, 0.6) is 5.75 Å². The van der Waals surface area contributed by atoms with Gasteiger partial charge in [0.1, 0.15) is 18.2 Å². The highest BCUT2D eigenvalue weighted by Crippen LogP contribution is 2.29. The first-order valence-electron chi connectivity index (χ1n) is 6.03. The third-order valence-corrected chi connectivity index (χ3v) is 3.42. The van der Waals surface area contributed by atoms with E-state index in [-0.39, 0.29) is 6.61 Å². The van der Waals surface area contributed by atoms with E-state index >= 15 is 0 Å². The Kier molecular flexibility index (Phi) is 4.88. The van der Waals surface area contributed by atoms with Gasteiger partial charge in [0.25, 0.3) is 0 Å². The van der Waals surface area contributed by atoms with Crippen LogP contribution < -0.4 is 4.74 Å². The molecule has 0 aliphatic carbocycles. The van der Waals surface area contributed by atoms with Gasteiger partial charge >= 0.3 is 6.18 Å². The summed E-state index contributed by atoms with van der Waals surface area (Å²) in [5.41, 5.74) is 0.587. The molecule has 0 atom stereocenters. The zero-order chi connectivity index (χ0) is 15.5. The van der Waals surface area contributed by atoms with E-state index in [1.165, 1.54) is 24.3 Å². The number of hydrogen-bond acceptors (Lipinski definition) is 1. The predicted octanol–water partition coefficient (Wildman–Crippen LogP) is 5.32. The molecule has 1 nitrogen and oxygen atoms in total. The first-order chi connectivity index (χ1) is 9.88. The molecule has 0 fully saturated rings. The minimum Gasteiger partial charge on any atom is -0.489 e. The molecule has 0 aromatic heterocycles. The summed E-state index contributed by atoms with van der Waals surface area (Å²) < 4.78 is 56.0. The van der Waals surface area contributed by atoms with Gasteiger partial charge in [-0.2, -0.15) is 13.2 Å². The van der Waals surface area contributed by atoms with Gasteiger partial charge in [0.05, 0.1) is 5.56 Å². The van der Waals surface area contributed by atoms with Crippen molar-refractivity contribution < 1.29 is 22.3 Å². The van der Waals surface area contributed by atoms with Crippen molar-refractivity contribution >= 4 is 15.9 Å². The van der Waals surface area contributed by atoms with E-state index in [0.717, 1.165) is 17.7 Å². The van der Waals surface area contributed by atoms with E-state index in [0.29, 0.717) is 16.6 Å². The van der Waals surface area contributed by atoms with Crippen LogP contribution in [0.4, 0.5) is 17.6 Å². The molecule has 0 heterocycles. The van der Waals surface area contributed by atoms with Crippen molar-refractivity contribution in [3.05, 3.63) is 65.0 Å². The van der Waals surface area contributed by atoms with Gasteiger partial charge in [-0.05, 0) is 35.4 Å². The van der Waals surface area contributed by atoms with Crippen molar-refractivity contribution in [3.63, 3.8) is 0 Å². The fourth-order valence-electron chi connectivity index (χ4n) is 1.74. The molecule has 0 bridgehead atoms. The predicted molar refractivity (Wildman–Crippen MR) is 74.8 cm³/mol. The zero-order valence-electron chi connectivity index (χ0n) is 10.8. The summed E-state index contributed by atoms with van der Waals surface area (Å²) in [6.07, 6.45) is -4.35. The van der Waals surface area contributed by atoms with Gasteiger partial charge in [0.2, 0.25) is 0 Å². The number of ether oxygens (including phenoxy) is 1. The number of rotatable bonds is 4. The summed E-state index contributed by atoms with van der Waals surface area (Å²) in [5.74, 6) is -0.0845. The lowest BCUT2D eigenvalue weighted by molar-refractivity contribution is -0.137. The Labute approximate surface area is 127 Å². The van der Waals surface area contributed by atoms with Gasteiger partial charge in [-0.15, -0.1) is 0 Å². The molecule has 0 N–H and O–H groups in total. The van der Waals surface area contributed by atoms with Gasteiger partial charge in [0.15, 0.2) is 0 Å². The minimum absolute atomic E-state index is 0.0727. The van der Waals surface area contributed by atoms with Crippen molar-refractivity contribution in [2.75, 3.05) is 0 Å². The first kappa shape index (κ1) is 15.8. The maximum atomic E-state index is 13.3. The lowest BCUT2D eigenvalue weighted by Gasteiger charge is -2.10. The Morgan fingerprint density at radius 3 is 2.19 bits per heavy atom. The average Bonchev–Trinajstić information content (AvgIpc) is 2.44. The highest BCUT2D eigenvalue weighted by atomic mass is 79.9. The van der Waals surface area contributed by atoms with Crippen molar-refractivity contribution in [2.45, 2.75) is 18.1 Å². The van der Waals surface area contributed by atoms with Crippen LogP contribution in [0.2, 0.25) is 0 Å². The molecule has 0 saturated carbocycles. The van der Waals surface area contributed by atoms with Crippen LogP contribution >= 0.6 is 15.9 Å². The third-order valence-electron chi connectivity index (χ3n) is 2.77. The van der Waals surface area contributed by atoms with Crippen molar-refractivity contribution in [1.29, 1.82) is 0 Å². The summed E-state index contributed by atoms with van der Waals surface area (Å²) in [6.45, 7) is 0.0727. The number of halogens is 5. The third kappa shape index (κ3) is 4.46. The molecular weight excluding hydrogens is 352 g/mol. The summed E-state index contributed by atoms with van der Waals surface area (Å²) >= 11 is 3.22. The van der Waals surface area contributed by atoms with Crippen molar-refractivity contribution in [2.24, 2.45) is 0 Å². The summed E-state index contributed by atoms with van der Waals surface area (Å²) in [4.78, 5) is 0. The first-order valence-corrected chi connectivity index (χ1v) is 7.15. The SMILES string of the molecule is Fc1cc(CBr)cc(OCc2ccc(C(F)(F)F)cc2)c1. The molecule has 21 heavy (non-hydrogen) atoms. The van der Waals surface area contributed by atoms with E-state index in [9.17, 15) is 17.6 Å². The second-order valence-electron chi connectivity index (χ2n) is 4.41. The van der Waals surface area contributed by atoms with E-state index < -0.39 is 17.6 Å². The largest absolute Gasteiger partial charge is 0.489 e. The van der Waals surface area contributed by atoms with Crippen LogP contribution in [-0.2, 0) is 18.1 Å². The Morgan fingerprint density at radius 2 is 1.62 bits per heavy atom. The molecule has 6 heteroatoms. The quantitative estimate of drug-likeness (QED) is 0.528. The highest BCUT2D eigenvalue weighted by Gasteiger charge is 2.29. The molecule has 2 aromatic rings. The maximum absolute atomic E-state index is 13.3. The topological polar surface area (TPSA) is 9.23 Å². The summed E-state index contributed by atoms with van der Waals surface area (Å²) in [7, 11) is 0. The maximum Gasteiger partial charge on any atom is 0.416 e. The van der Waals surface area contributed by atoms with Gasteiger partial charge in [-0.3, -0.25) is 0 Å². The van der Waals surface area contributed by atoms with Gasteiger partial charge in [-0.1, -0.05) is 28.1 Å². The smallest absolute Gasteiger partial charge is 0.416 e. The monoisotopic (exact) mass is 362 g/mol. The summed E-state index contributed by atoms with van der Waals surface area (Å²) in [6, 6.07) is 8.95. The van der Waals surface area contributed by atoms with Gasteiger partial charge < -0.3 is 4.74 Å². The second-order valence-corrected chi connectivity index (χ2v) is 4.97. The van der Waals surface area contributed by atoms with Crippen LogP contribution in [0, 0.1) is 5.82 Å².